The van der Waals surface area contributed by atoms with E-state index in [0.717, 1.165) is 12.7 Å². The Balaban J connectivity index is 2.78. The molecule has 1 atom stereocenters. The van der Waals surface area contributed by atoms with Gasteiger partial charge in [0, 0.05) is 0 Å². The summed E-state index contributed by atoms with van der Waals surface area (Å²) in [5.41, 5.74) is -0.0827. The van der Waals surface area contributed by atoms with Gasteiger partial charge < -0.3 is 14.2 Å². The van der Waals surface area contributed by atoms with Crippen LogP contribution in [0, 0.1) is 0 Å². The lowest BCUT2D eigenvalue weighted by atomic mass is 10.1. The summed E-state index contributed by atoms with van der Waals surface area (Å²) >= 11 is 0. The quantitative estimate of drug-likeness (QED) is 0.452. The van der Waals surface area contributed by atoms with Crippen molar-refractivity contribution in [1.82, 2.24) is 0 Å². The largest absolute Gasteiger partial charge is 0.467 e. The van der Waals surface area contributed by atoms with E-state index in [-0.39, 0.29) is 6.61 Å². The van der Waals surface area contributed by atoms with Gasteiger partial charge in [-0.2, -0.15) is 0 Å². The SMILES string of the molecule is COC(=O)C(OCc1ccccc1)C(=O)C(=O)OC(C)(C)C. The maximum absolute atomic E-state index is 12.0. The summed E-state index contributed by atoms with van der Waals surface area (Å²) in [5, 5.41) is 0. The molecule has 0 aliphatic carbocycles. The van der Waals surface area contributed by atoms with Crippen molar-refractivity contribution in [3.05, 3.63) is 35.9 Å². The Morgan fingerprint density at radius 3 is 2.18 bits per heavy atom. The minimum Gasteiger partial charge on any atom is -0.467 e. The van der Waals surface area contributed by atoms with E-state index >= 15 is 0 Å². The first-order valence-electron chi connectivity index (χ1n) is 6.75. The molecule has 6 nitrogen and oxygen atoms in total. The smallest absolute Gasteiger partial charge is 0.378 e. The molecule has 6 heteroatoms. The number of benzene rings is 1. The first kappa shape index (κ1) is 17.8. The number of Topliss-reactive ketones (excluding diaryl/α,β-unsaturated/α-hetero) is 1. The molecular formula is C16H20O6. The maximum atomic E-state index is 12.0. The van der Waals surface area contributed by atoms with Gasteiger partial charge in [-0.15, -0.1) is 0 Å². The van der Waals surface area contributed by atoms with Crippen molar-refractivity contribution >= 4 is 17.7 Å². The highest BCUT2D eigenvalue weighted by Crippen LogP contribution is 2.11. The van der Waals surface area contributed by atoms with Gasteiger partial charge in [0.05, 0.1) is 13.7 Å². The maximum Gasteiger partial charge on any atom is 0.378 e. The molecule has 0 saturated heterocycles. The Bertz CT molecular complexity index is 529. The molecule has 1 aromatic rings. The Kier molecular flexibility index (Phi) is 6.24. The van der Waals surface area contributed by atoms with E-state index in [0.29, 0.717) is 0 Å². The molecule has 1 aromatic carbocycles. The molecule has 0 radical (unpaired) electrons. The third kappa shape index (κ3) is 5.65. The van der Waals surface area contributed by atoms with E-state index in [2.05, 4.69) is 4.74 Å². The van der Waals surface area contributed by atoms with Crippen molar-refractivity contribution in [1.29, 1.82) is 0 Å². The number of hydrogen-bond donors (Lipinski definition) is 0. The van der Waals surface area contributed by atoms with Crippen LogP contribution in [0.1, 0.15) is 26.3 Å². The number of esters is 2. The van der Waals surface area contributed by atoms with Crippen molar-refractivity contribution in [2.24, 2.45) is 0 Å². The van der Waals surface area contributed by atoms with E-state index < -0.39 is 29.4 Å². The number of rotatable bonds is 6. The zero-order valence-corrected chi connectivity index (χ0v) is 13.1. The first-order valence-corrected chi connectivity index (χ1v) is 6.75. The zero-order chi connectivity index (χ0) is 16.8. The molecule has 0 aliphatic rings. The molecule has 0 spiro atoms. The fourth-order valence-electron chi connectivity index (χ4n) is 1.55. The fraction of sp³-hybridized carbons (Fsp3) is 0.438. The lowest BCUT2D eigenvalue weighted by Crippen LogP contribution is -2.41. The van der Waals surface area contributed by atoms with E-state index in [9.17, 15) is 14.4 Å². The number of carbonyl (C=O) groups excluding carboxylic acids is 3. The Morgan fingerprint density at radius 2 is 1.68 bits per heavy atom. The van der Waals surface area contributed by atoms with Crippen LogP contribution < -0.4 is 0 Å². The lowest BCUT2D eigenvalue weighted by Gasteiger charge is -2.20. The molecule has 0 saturated carbocycles. The van der Waals surface area contributed by atoms with Crippen LogP contribution in [0.15, 0.2) is 30.3 Å². The molecule has 0 heterocycles. The summed E-state index contributed by atoms with van der Waals surface area (Å²) in [6.45, 7) is 4.86. The molecule has 0 aromatic heterocycles. The highest BCUT2D eigenvalue weighted by Gasteiger charge is 2.36. The number of hydrogen-bond acceptors (Lipinski definition) is 6. The van der Waals surface area contributed by atoms with Gasteiger partial charge in [0.1, 0.15) is 5.60 Å². The van der Waals surface area contributed by atoms with Gasteiger partial charge in [-0.05, 0) is 26.3 Å². The molecular weight excluding hydrogens is 288 g/mol. The Morgan fingerprint density at radius 1 is 1.09 bits per heavy atom. The van der Waals surface area contributed by atoms with E-state index in [1.807, 2.05) is 6.07 Å². The molecule has 1 rings (SSSR count). The lowest BCUT2D eigenvalue weighted by molar-refractivity contribution is -0.174. The summed E-state index contributed by atoms with van der Waals surface area (Å²) in [7, 11) is 1.11. The van der Waals surface area contributed by atoms with Crippen molar-refractivity contribution in [2.45, 2.75) is 39.1 Å². The number of ketones is 1. The number of methoxy groups -OCH3 is 1. The Hall–Kier alpha value is -2.21. The molecule has 0 amide bonds. The van der Waals surface area contributed by atoms with Crippen LogP contribution in [0.25, 0.3) is 0 Å². The van der Waals surface area contributed by atoms with Crippen molar-refractivity contribution in [2.75, 3.05) is 7.11 Å². The van der Waals surface area contributed by atoms with Crippen LogP contribution >= 0.6 is 0 Å². The predicted octanol–water partition coefficient (Wildman–Crippen LogP) is 1.66. The Labute approximate surface area is 129 Å². The van der Waals surface area contributed by atoms with Gasteiger partial charge in [0.2, 0.25) is 6.10 Å². The molecule has 0 N–H and O–H groups in total. The van der Waals surface area contributed by atoms with Gasteiger partial charge in [0.15, 0.2) is 0 Å². The molecule has 120 valence electrons. The van der Waals surface area contributed by atoms with Crippen LogP contribution in [0.5, 0.6) is 0 Å². The first-order chi connectivity index (χ1) is 10.2. The second-order valence-corrected chi connectivity index (χ2v) is 5.57. The van der Waals surface area contributed by atoms with Crippen LogP contribution in [0.3, 0.4) is 0 Å². The van der Waals surface area contributed by atoms with Gasteiger partial charge in [-0.3, -0.25) is 4.79 Å². The third-order valence-corrected chi connectivity index (χ3v) is 2.51. The fourth-order valence-corrected chi connectivity index (χ4v) is 1.55. The van der Waals surface area contributed by atoms with E-state index in [1.165, 1.54) is 0 Å². The molecule has 0 fully saturated rings. The minimum atomic E-state index is -1.64. The molecule has 0 bridgehead atoms. The minimum absolute atomic E-state index is 0.00482. The second-order valence-electron chi connectivity index (χ2n) is 5.57. The van der Waals surface area contributed by atoms with Gasteiger partial charge >= 0.3 is 11.9 Å². The summed E-state index contributed by atoms with van der Waals surface area (Å²) in [6, 6.07) is 8.95. The highest BCUT2D eigenvalue weighted by molar-refractivity contribution is 6.39. The summed E-state index contributed by atoms with van der Waals surface area (Å²) in [6.07, 6.45) is -1.64. The standard InChI is InChI=1S/C16H20O6/c1-16(2,3)22-14(18)12(17)13(15(19)20-4)21-10-11-8-6-5-7-9-11/h5-9,13H,10H2,1-4H3. The molecule has 0 aliphatic heterocycles. The van der Waals surface area contributed by atoms with Crippen molar-refractivity contribution in [3.8, 4) is 0 Å². The monoisotopic (exact) mass is 308 g/mol. The van der Waals surface area contributed by atoms with Crippen LogP contribution in [-0.4, -0.2) is 36.5 Å². The van der Waals surface area contributed by atoms with Gasteiger partial charge in [0.25, 0.3) is 5.78 Å². The molecule has 22 heavy (non-hydrogen) atoms. The highest BCUT2D eigenvalue weighted by atomic mass is 16.6. The van der Waals surface area contributed by atoms with E-state index in [1.54, 1.807) is 45.0 Å². The van der Waals surface area contributed by atoms with E-state index in [4.69, 9.17) is 9.47 Å². The predicted molar refractivity (Wildman–Crippen MR) is 77.9 cm³/mol. The third-order valence-electron chi connectivity index (χ3n) is 2.51. The molecule has 1 unspecified atom stereocenters. The average molecular weight is 308 g/mol. The van der Waals surface area contributed by atoms with Crippen molar-refractivity contribution < 1.29 is 28.6 Å². The van der Waals surface area contributed by atoms with Crippen LogP contribution in [0.4, 0.5) is 0 Å². The van der Waals surface area contributed by atoms with Crippen LogP contribution in [0.2, 0.25) is 0 Å². The average Bonchev–Trinajstić information content (AvgIpc) is 2.46. The second kappa shape index (κ2) is 7.70. The number of ether oxygens (including phenoxy) is 3. The summed E-state index contributed by atoms with van der Waals surface area (Å²) < 4.78 is 14.7. The number of carbonyl (C=O) groups is 3. The van der Waals surface area contributed by atoms with Crippen LogP contribution in [-0.2, 0) is 35.2 Å². The zero-order valence-electron chi connectivity index (χ0n) is 13.1. The summed E-state index contributed by atoms with van der Waals surface area (Å²) in [5.74, 6) is -3.15. The summed E-state index contributed by atoms with van der Waals surface area (Å²) in [4.78, 5) is 35.5. The van der Waals surface area contributed by atoms with Gasteiger partial charge in [-0.1, -0.05) is 30.3 Å². The normalized spacial score (nSPS) is 12.4. The van der Waals surface area contributed by atoms with Crippen molar-refractivity contribution in [3.63, 3.8) is 0 Å². The van der Waals surface area contributed by atoms with Gasteiger partial charge in [-0.25, -0.2) is 9.59 Å². The topological polar surface area (TPSA) is 78.9 Å².